The summed E-state index contributed by atoms with van der Waals surface area (Å²) >= 11 is 0. The monoisotopic (exact) mass is 298 g/mol. The van der Waals surface area contributed by atoms with Crippen LogP contribution in [0.1, 0.15) is 6.92 Å². The number of aliphatic carboxylic acids is 2. The van der Waals surface area contributed by atoms with Gasteiger partial charge in [0.05, 0.1) is 11.9 Å². The van der Waals surface area contributed by atoms with Crippen molar-refractivity contribution in [1.82, 2.24) is 0 Å². The van der Waals surface area contributed by atoms with Crippen LogP contribution in [0.5, 0.6) is 0 Å². The van der Waals surface area contributed by atoms with Crippen molar-refractivity contribution in [2.24, 2.45) is 0 Å². The average molecular weight is 299 g/mol. The van der Waals surface area contributed by atoms with Crippen molar-refractivity contribution in [3.8, 4) is 0 Å². The summed E-state index contributed by atoms with van der Waals surface area (Å²) < 4.78 is 0. The summed E-state index contributed by atoms with van der Waals surface area (Å²) in [4.78, 5) is 19.4. The molecular weight excluding hydrogens is 295 g/mol. The predicted molar refractivity (Wildman–Crippen MR) is 23.8 cm³/mol. The van der Waals surface area contributed by atoms with Gasteiger partial charge in [-0.25, -0.2) is 0 Å². The molecule has 0 amide bonds. The van der Waals surface area contributed by atoms with Crippen molar-refractivity contribution >= 4 is 11.9 Å². The summed E-state index contributed by atoms with van der Waals surface area (Å²) in [5, 5.41) is 19.4. The first kappa shape index (κ1) is 19.0. The number of carbonyl (C=O) groups excluding carboxylic acids is 2. The molecule has 0 heterocycles. The molecule has 0 saturated carbocycles. The second kappa shape index (κ2) is 10.4. The second-order valence-electron chi connectivity index (χ2n) is 1.43. The van der Waals surface area contributed by atoms with E-state index >= 15 is 0 Å². The maximum atomic E-state index is 9.76. The molecular formula is C5H4O4Rb2. The Kier molecular flexibility index (Phi) is 17.9. The molecule has 11 heavy (non-hydrogen) atoms. The van der Waals surface area contributed by atoms with Crippen LogP contribution in [0.3, 0.4) is 0 Å². The van der Waals surface area contributed by atoms with Crippen LogP contribution in [-0.2, 0) is 9.59 Å². The van der Waals surface area contributed by atoms with Crippen molar-refractivity contribution in [3.05, 3.63) is 11.6 Å². The van der Waals surface area contributed by atoms with Crippen molar-refractivity contribution < 1.29 is 136 Å². The summed E-state index contributed by atoms with van der Waals surface area (Å²) in [6.07, 6.45) is 0.468. The van der Waals surface area contributed by atoms with Gasteiger partial charge >= 0.3 is 116 Å². The van der Waals surface area contributed by atoms with Gasteiger partial charge in [-0.15, -0.1) is 0 Å². The molecule has 0 radical (unpaired) electrons. The first-order chi connectivity index (χ1) is 4.04. The largest absolute Gasteiger partial charge is 1.00 e. The summed E-state index contributed by atoms with van der Waals surface area (Å²) in [6, 6.07) is 0. The van der Waals surface area contributed by atoms with Gasteiger partial charge in [0.25, 0.3) is 0 Å². The van der Waals surface area contributed by atoms with Crippen molar-refractivity contribution in [1.29, 1.82) is 0 Å². The van der Waals surface area contributed by atoms with Crippen LogP contribution in [-0.4, -0.2) is 11.9 Å². The Bertz CT molecular complexity index is 175. The summed E-state index contributed by atoms with van der Waals surface area (Å²) in [5.41, 5.74) is -0.352. The van der Waals surface area contributed by atoms with Gasteiger partial charge in [-0.3, -0.25) is 0 Å². The molecule has 0 bridgehead atoms. The Morgan fingerprint density at radius 1 is 1.18 bits per heavy atom. The Morgan fingerprint density at radius 3 is 1.64 bits per heavy atom. The van der Waals surface area contributed by atoms with Gasteiger partial charge in [0, 0.05) is 0 Å². The van der Waals surface area contributed by atoms with E-state index in [0.717, 1.165) is 6.92 Å². The minimum Gasteiger partial charge on any atom is -0.545 e. The van der Waals surface area contributed by atoms with Crippen LogP contribution in [0.25, 0.3) is 0 Å². The molecule has 4 nitrogen and oxygen atoms in total. The molecule has 0 unspecified atom stereocenters. The normalized spacial score (nSPS) is 9.00. The van der Waals surface area contributed by atoms with Crippen LogP contribution in [0, 0.1) is 0 Å². The molecule has 0 fully saturated rings. The number of carboxylic acids is 2. The van der Waals surface area contributed by atoms with Gasteiger partial charge in [0.15, 0.2) is 0 Å². The third kappa shape index (κ3) is 12.3. The molecule has 0 aliphatic carbocycles. The number of hydrogen-bond donors (Lipinski definition) is 0. The fourth-order valence-corrected chi connectivity index (χ4v) is 0.236. The number of hydrogen-bond acceptors (Lipinski definition) is 4. The van der Waals surface area contributed by atoms with E-state index in [2.05, 4.69) is 0 Å². The van der Waals surface area contributed by atoms with E-state index in [1.165, 1.54) is 0 Å². The first-order valence-electron chi connectivity index (χ1n) is 2.14. The Morgan fingerprint density at radius 2 is 1.55 bits per heavy atom. The Labute approximate surface area is 162 Å². The third-order valence-corrected chi connectivity index (χ3v) is 0.656. The fourth-order valence-electron chi connectivity index (χ4n) is 0.236. The van der Waals surface area contributed by atoms with Crippen LogP contribution in [0.15, 0.2) is 11.6 Å². The van der Waals surface area contributed by atoms with Crippen LogP contribution >= 0.6 is 0 Å². The van der Waals surface area contributed by atoms with Crippen molar-refractivity contribution in [3.63, 3.8) is 0 Å². The topological polar surface area (TPSA) is 80.3 Å². The minimum absolute atomic E-state index is 0. The van der Waals surface area contributed by atoms with E-state index in [9.17, 15) is 19.8 Å². The number of rotatable bonds is 2. The van der Waals surface area contributed by atoms with Gasteiger partial charge in [-0.2, -0.15) is 0 Å². The molecule has 0 aromatic heterocycles. The molecule has 0 spiro atoms. The SMILES string of the molecule is C/C(=C\C(=O)[O-])C(=O)[O-].[Rb+].[Rb+]. The zero-order valence-corrected chi connectivity index (χ0v) is 16.5. The van der Waals surface area contributed by atoms with Gasteiger partial charge in [-0.1, -0.05) is 0 Å². The van der Waals surface area contributed by atoms with E-state index in [0.29, 0.717) is 6.08 Å². The summed E-state index contributed by atoms with van der Waals surface area (Å²) in [7, 11) is 0. The van der Waals surface area contributed by atoms with E-state index in [1.807, 2.05) is 0 Å². The first-order valence-corrected chi connectivity index (χ1v) is 2.14. The molecule has 0 aromatic rings. The van der Waals surface area contributed by atoms with E-state index in [1.54, 1.807) is 0 Å². The number of carboxylic acid groups (broad SMARTS) is 2. The van der Waals surface area contributed by atoms with Crippen molar-refractivity contribution in [2.45, 2.75) is 6.92 Å². The number of carbonyl (C=O) groups is 2. The third-order valence-electron chi connectivity index (χ3n) is 0.656. The van der Waals surface area contributed by atoms with Crippen LogP contribution < -0.4 is 127 Å². The zero-order valence-electron chi connectivity index (χ0n) is 6.71. The zero-order chi connectivity index (χ0) is 7.44. The van der Waals surface area contributed by atoms with E-state index < -0.39 is 11.9 Å². The van der Waals surface area contributed by atoms with Crippen LogP contribution in [0.4, 0.5) is 0 Å². The molecule has 0 rings (SSSR count). The standard InChI is InChI=1S/C5H6O4.2Rb/c1-3(5(8)9)2-4(6)7;;/h2H,1H3,(H,6,7)(H,8,9);;/q;2*+1/p-2/b3-2+;;. The Hall–Kier alpha value is 2.29. The maximum Gasteiger partial charge on any atom is 1.00 e. The fraction of sp³-hybridized carbons (Fsp3) is 0.200. The van der Waals surface area contributed by atoms with Crippen LogP contribution in [0.2, 0.25) is 0 Å². The molecule has 50 valence electrons. The quantitative estimate of drug-likeness (QED) is 0.474. The summed E-state index contributed by atoms with van der Waals surface area (Å²) in [5.74, 6) is -3.03. The molecule has 0 aliphatic rings. The van der Waals surface area contributed by atoms with Gasteiger partial charge in [0.1, 0.15) is 0 Å². The maximum absolute atomic E-state index is 9.76. The molecule has 0 N–H and O–H groups in total. The predicted octanol–water partition coefficient (Wildman–Crippen LogP) is -8.56. The van der Waals surface area contributed by atoms with Gasteiger partial charge in [-0.05, 0) is 18.6 Å². The summed E-state index contributed by atoms with van der Waals surface area (Å²) in [6.45, 7) is 1.12. The Balaban J connectivity index is -0.000000320. The second-order valence-corrected chi connectivity index (χ2v) is 1.43. The van der Waals surface area contributed by atoms with Crippen molar-refractivity contribution in [2.75, 3.05) is 0 Å². The molecule has 0 aromatic carbocycles. The smallest absolute Gasteiger partial charge is 0.545 e. The molecule has 0 aliphatic heterocycles. The molecule has 6 heteroatoms. The van der Waals surface area contributed by atoms with Gasteiger partial charge in [0.2, 0.25) is 0 Å². The average Bonchev–Trinajstić information content (AvgIpc) is 1.63. The van der Waals surface area contributed by atoms with Gasteiger partial charge < -0.3 is 19.8 Å². The van der Waals surface area contributed by atoms with E-state index in [4.69, 9.17) is 0 Å². The van der Waals surface area contributed by atoms with E-state index in [-0.39, 0.29) is 122 Å². The molecule has 0 saturated heterocycles. The minimum atomic E-state index is -1.53. The molecule has 0 atom stereocenters.